The van der Waals surface area contributed by atoms with Gasteiger partial charge in [0.2, 0.25) is 0 Å². The van der Waals surface area contributed by atoms with Crippen LogP contribution in [0.15, 0.2) is 259 Å². The molecule has 12 aromatic rings. The molecule has 0 spiro atoms. The first-order chi connectivity index (χ1) is 33.7. The highest BCUT2D eigenvalue weighted by Crippen LogP contribution is 2.58. The molecular weight excluding hydrogens is 825 g/mol. The Morgan fingerprint density at radius 2 is 0.794 bits per heavy atom. The van der Waals surface area contributed by atoms with E-state index in [0.717, 1.165) is 83.4 Å². The van der Waals surface area contributed by atoms with Crippen LogP contribution in [0.5, 0.6) is 0 Å². The lowest BCUT2D eigenvalue weighted by atomic mass is 9.67. The molecule has 3 heteroatoms. The summed E-state index contributed by atoms with van der Waals surface area (Å²) < 4.78 is 6.70. The monoisotopic (exact) mass is 866 g/mol. The van der Waals surface area contributed by atoms with Gasteiger partial charge in [-0.25, -0.2) is 9.97 Å². The molecule has 0 atom stereocenters. The van der Waals surface area contributed by atoms with Gasteiger partial charge in [0.1, 0.15) is 11.2 Å². The average Bonchev–Trinajstić information content (AvgIpc) is 3.96. The predicted molar refractivity (Wildman–Crippen MR) is 279 cm³/mol. The van der Waals surface area contributed by atoms with E-state index in [2.05, 4.69) is 237 Å². The number of benzene rings is 10. The van der Waals surface area contributed by atoms with Crippen LogP contribution < -0.4 is 0 Å². The molecule has 318 valence electrons. The number of aromatic nitrogens is 2. The molecular formula is C65H42N2O. The Kier molecular flexibility index (Phi) is 9.40. The second-order valence-corrected chi connectivity index (χ2v) is 17.6. The standard InChI is InChI=1S/C65H42N2O/c1-5-21-43(22-6-1)50-29-13-14-30-51(50)45-39-46(52-33-19-34-54-53-31-16-18-38-61(53)68-63(52)54)41-47(40-45)59-42-60(67-64(66-59)44-23-7-2-8-24-44)56-35-20-37-58-62(56)55-32-15-17-36-57(55)65(58,48-25-9-3-10-26-48)49-27-11-4-12-28-49/h1-42H. The van der Waals surface area contributed by atoms with Gasteiger partial charge in [-0.2, -0.15) is 0 Å². The van der Waals surface area contributed by atoms with Crippen LogP contribution in [0.3, 0.4) is 0 Å². The van der Waals surface area contributed by atoms with Gasteiger partial charge in [0.25, 0.3) is 0 Å². The fraction of sp³-hybridized carbons (Fsp3) is 0.0154. The van der Waals surface area contributed by atoms with E-state index in [1.165, 1.54) is 33.4 Å². The van der Waals surface area contributed by atoms with Crippen molar-refractivity contribution in [3.8, 4) is 78.4 Å². The van der Waals surface area contributed by atoms with Crippen molar-refractivity contribution in [2.75, 3.05) is 0 Å². The number of fused-ring (bicyclic) bond motifs is 6. The van der Waals surface area contributed by atoms with Crippen LogP contribution in [-0.4, -0.2) is 9.97 Å². The van der Waals surface area contributed by atoms with Crippen LogP contribution >= 0.6 is 0 Å². The number of nitrogens with zero attached hydrogens (tertiary/aromatic N) is 2. The lowest BCUT2D eigenvalue weighted by molar-refractivity contribution is 0.670. The molecule has 68 heavy (non-hydrogen) atoms. The Balaban J connectivity index is 1.08. The molecule has 0 N–H and O–H groups in total. The van der Waals surface area contributed by atoms with Gasteiger partial charge in [0.15, 0.2) is 5.82 Å². The van der Waals surface area contributed by atoms with E-state index < -0.39 is 5.41 Å². The average molecular weight is 867 g/mol. The minimum Gasteiger partial charge on any atom is -0.455 e. The first-order valence-electron chi connectivity index (χ1n) is 23.2. The molecule has 0 aliphatic heterocycles. The predicted octanol–water partition coefficient (Wildman–Crippen LogP) is 16.7. The van der Waals surface area contributed by atoms with Crippen LogP contribution in [0.2, 0.25) is 0 Å². The number of furan rings is 1. The van der Waals surface area contributed by atoms with Crippen molar-refractivity contribution < 1.29 is 4.42 Å². The third kappa shape index (κ3) is 6.35. The van der Waals surface area contributed by atoms with Crippen molar-refractivity contribution >= 4 is 21.9 Å². The Hall–Kier alpha value is -8.92. The van der Waals surface area contributed by atoms with Crippen molar-refractivity contribution in [3.05, 3.63) is 277 Å². The topological polar surface area (TPSA) is 38.9 Å². The van der Waals surface area contributed by atoms with E-state index >= 15 is 0 Å². The van der Waals surface area contributed by atoms with Gasteiger partial charge in [-0.3, -0.25) is 0 Å². The van der Waals surface area contributed by atoms with Crippen LogP contribution in [0.25, 0.3) is 100 Å². The summed E-state index contributed by atoms with van der Waals surface area (Å²) in [6.45, 7) is 0. The molecule has 0 fully saturated rings. The fourth-order valence-electron chi connectivity index (χ4n) is 10.8. The molecule has 10 aromatic carbocycles. The van der Waals surface area contributed by atoms with Crippen molar-refractivity contribution in [2.24, 2.45) is 0 Å². The summed E-state index contributed by atoms with van der Waals surface area (Å²) in [6, 6.07) is 91.1. The van der Waals surface area contributed by atoms with Gasteiger partial charge in [0, 0.05) is 33.0 Å². The molecule has 0 saturated carbocycles. The van der Waals surface area contributed by atoms with Crippen molar-refractivity contribution in [1.29, 1.82) is 0 Å². The maximum Gasteiger partial charge on any atom is 0.160 e. The van der Waals surface area contributed by atoms with E-state index in [1.54, 1.807) is 0 Å². The lowest BCUT2D eigenvalue weighted by Crippen LogP contribution is -2.28. The van der Waals surface area contributed by atoms with Gasteiger partial charge < -0.3 is 4.42 Å². The lowest BCUT2D eigenvalue weighted by Gasteiger charge is -2.33. The molecule has 13 rings (SSSR count). The van der Waals surface area contributed by atoms with E-state index in [0.29, 0.717) is 5.82 Å². The minimum atomic E-state index is -0.546. The van der Waals surface area contributed by atoms with Gasteiger partial charge in [-0.05, 0) is 91.5 Å². The Labute approximate surface area is 395 Å². The number of para-hydroxylation sites is 2. The number of hydrogen-bond donors (Lipinski definition) is 0. The smallest absolute Gasteiger partial charge is 0.160 e. The van der Waals surface area contributed by atoms with Gasteiger partial charge in [-0.15, -0.1) is 0 Å². The molecule has 0 saturated heterocycles. The van der Waals surface area contributed by atoms with Crippen LogP contribution in [0.1, 0.15) is 22.3 Å². The first kappa shape index (κ1) is 39.4. The van der Waals surface area contributed by atoms with E-state index in [-0.39, 0.29) is 0 Å². The zero-order chi connectivity index (χ0) is 45.0. The summed E-state index contributed by atoms with van der Waals surface area (Å²) >= 11 is 0. The molecule has 0 radical (unpaired) electrons. The van der Waals surface area contributed by atoms with Gasteiger partial charge in [0.05, 0.1) is 16.8 Å². The third-order valence-electron chi connectivity index (χ3n) is 13.8. The van der Waals surface area contributed by atoms with Crippen LogP contribution in [-0.2, 0) is 5.41 Å². The Morgan fingerprint density at radius 3 is 1.51 bits per heavy atom. The Morgan fingerprint density at radius 1 is 0.309 bits per heavy atom. The summed E-state index contributed by atoms with van der Waals surface area (Å²) in [5.74, 6) is 0.662. The van der Waals surface area contributed by atoms with Gasteiger partial charge in [-0.1, -0.05) is 224 Å². The minimum absolute atomic E-state index is 0.546. The molecule has 0 bridgehead atoms. The first-order valence-corrected chi connectivity index (χ1v) is 23.2. The highest BCUT2D eigenvalue weighted by molar-refractivity contribution is 6.10. The van der Waals surface area contributed by atoms with Crippen LogP contribution in [0, 0.1) is 0 Å². The molecule has 0 unspecified atom stereocenters. The quantitative estimate of drug-likeness (QED) is 0.153. The zero-order valence-electron chi connectivity index (χ0n) is 37.1. The molecule has 1 aliphatic rings. The summed E-state index contributed by atoms with van der Waals surface area (Å²) in [6.07, 6.45) is 0. The molecule has 3 nitrogen and oxygen atoms in total. The molecule has 1 aliphatic carbocycles. The third-order valence-corrected chi connectivity index (χ3v) is 13.8. The largest absolute Gasteiger partial charge is 0.455 e. The second kappa shape index (κ2) is 16.2. The van der Waals surface area contributed by atoms with E-state index in [1.807, 2.05) is 18.2 Å². The van der Waals surface area contributed by atoms with Crippen molar-refractivity contribution in [1.82, 2.24) is 9.97 Å². The normalized spacial score (nSPS) is 12.5. The van der Waals surface area contributed by atoms with E-state index in [4.69, 9.17) is 14.4 Å². The highest BCUT2D eigenvalue weighted by atomic mass is 16.3. The zero-order valence-corrected chi connectivity index (χ0v) is 37.1. The fourth-order valence-corrected chi connectivity index (χ4v) is 10.8. The Bertz CT molecular complexity index is 3800. The second-order valence-electron chi connectivity index (χ2n) is 17.6. The summed E-state index contributed by atoms with van der Waals surface area (Å²) in [5, 5.41) is 2.19. The summed E-state index contributed by atoms with van der Waals surface area (Å²) in [5.41, 5.74) is 19.8. The van der Waals surface area contributed by atoms with Gasteiger partial charge >= 0.3 is 0 Å². The SMILES string of the molecule is c1ccc(-c2nc(-c3cc(-c4ccccc4-c4ccccc4)cc(-c4cccc5c4oc4ccccc45)c3)cc(-c3cccc4c3-c3ccccc3C4(c3ccccc3)c3ccccc3)n2)cc1. The van der Waals surface area contributed by atoms with Crippen molar-refractivity contribution in [2.45, 2.75) is 5.41 Å². The maximum absolute atomic E-state index is 6.70. The highest BCUT2D eigenvalue weighted by Gasteiger charge is 2.46. The number of rotatable bonds is 8. The van der Waals surface area contributed by atoms with E-state index in [9.17, 15) is 0 Å². The molecule has 2 aromatic heterocycles. The molecule has 2 heterocycles. The van der Waals surface area contributed by atoms with Crippen molar-refractivity contribution in [3.63, 3.8) is 0 Å². The summed E-state index contributed by atoms with van der Waals surface area (Å²) in [4.78, 5) is 11.0. The maximum atomic E-state index is 6.70. The number of hydrogen-bond acceptors (Lipinski definition) is 3. The summed E-state index contributed by atoms with van der Waals surface area (Å²) in [7, 11) is 0. The molecule has 0 amide bonds. The van der Waals surface area contributed by atoms with Crippen LogP contribution in [0.4, 0.5) is 0 Å².